The van der Waals surface area contributed by atoms with Crippen molar-refractivity contribution in [2.24, 2.45) is 0 Å². The van der Waals surface area contributed by atoms with Crippen LogP contribution in [0.3, 0.4) is 0 Å². The van der Waals surface area contributed by atoms with Crippen LogP contribution in [-0.4, -0.2) is 18.0 Å². The lowest BCUT2D eigenvalue weighted by Gasteiger charge is -2.27. The Morgan fingerprint density at radius 2 is 1.46 bits per heavy atom. The molecule has 6 heteroatoms. The Morgan fingerprint density at radius 1 is 0.811 bits per heavy atom. The van der Waals surface area contributed by atoms with E-state index in [0.717, 1.165) is 22.3 Å². The van der Waals surface area contributed by atoms with Crippen LogP contribution in [-0.2, 0) is 28.6 Å². The number of carbonyl (C=O) groups excluding carboxylic acids is 2. The maximum atomic E-state index is 13.4. The molecule has 3 rings (SSSR count). The van der Waals surface area contributed by atoms with Gasteiger partial charge in [0.25, 0.3) is 0 Å². The zero-order valence-corrected chi connectivity index (χ0v) is 22.6. The lowest BCUT2D eigenvalue weighted by atomic mass is 9.81. The second-order valence-electron chi connectivity index (χ2n) is 11.4. The van der Waals surface area contributed by atoms with Crippen LogP contribution in [0.2, 0.25) is 0 Å². The summed E-state index contributed by atoms with van der Waals surface area (Å²) in [5, 5.41) is 8.75. The third-order valence-electron chi connectivity index (χ3n) is 6.23. The fourth-order valence-corrected chi connectivity index (χ4v) is 4.06. The standard InChI is InChI=1S/C31H38FN3O2/c1-30(2,3)23-14-17-25(31(4,5)6)26(19-23)34-29(37)35-27(18-21-12-15-24(32)16-13-21)28(36)33-20-22-10-8-7-9-11-22/h7-17,19,27H,18,20H2,1-6H3,(H,33,36)(H2,34,35,37)/t27-/m1/s1. The Bertz CT molecular complexity index is 1210. The van der Waals surface area contributed by atoms with Gasteiger partial charge < -0.3 is 16.0 Å². The van der Waals surface area contributed by atoms with Gasteiger partial charge in [0.05, 0.1) is 0 Å². The van der Waals surface area contributed by atoms with Crippen molar-refractivity contribution >= 4 is 17.6 Å². The van der Waals surface area contributed by atoms with E-state index in [1.807, 2.05) is 36.4 Å². The number of hydrogen-bond acceptors (Lipinski definition) is 2. The molecular formula is C31H38FN3O2. The van der Waals surface area contributed by atoms with Gasteiger partial charge in [-0.15, -0.1) is 0 Å². The number of hydrogen-bond donors (Lipinski definition) is 3. The number of anilines is 1. The summed E-state index contributed by atoms with van der Waals surface area (Å²) in [5.41, 5.74) is 4.22. The Morgan fingerprint density at radius 3 is 2.05 bits per heavy atom. The second kappa shape index (κ2) is 11.6. The quantitative estimate of drug-likeness (QED) is 0.346. The molecule has 0 spiro atoms. The number of carbonyl (C=O) groups is 2. The van der Waals surface area contributed by atoms with E-state index in [2.05, 4.69) is 69.6 Å². The molecule has 0 saturated carbocycles. The number of nitrogens with one attached hydrogen (secondary N) is 3. The predicted molar refractivity (Wildman–Crippen MR) is 148 cm³/mol. The summed E-state index contributed by atoms with van der Waals surface area (Å²) in [4.78, 5) is 26.4. The highest BCUT2D eigenvalue weighted by molar-refractivity contribution is 5.94. The minimum atomic E-state index is -0.849. The van der Waals surface area contributed by atoms with Gasteiger partial charge >= 0.3 is 6.03 Å². The molecule has 0 saturated heterocycles. The molecule has 1 atom stereocenters. The first-order valence-electron chi connectivity index (χ1n) is 12.6. The highest BCUT2D eigenvalue weighted by Crippen LogP contribution is 2.33. The number of urea groups is 1. The van der Waals surface area contributed by atoms with Gasteiger partial charge in [-0.3, -0.25) is 4.79 Å². The molecule has 0 aliphatic rings. The van der Waals surface area contributed by atoms with E-state index in [1.165, 1.54) is 12.1 Å². The van der Waals surface area contributed by atoms with Gasteiger partial charge in [0.2, 0.25) is 5.91 Å². The van der Waals surface area contributed by atoms with Gasteiger partial charge in [-0.25, -0.2) is 9.18 Å². The summed E-state index contributed by atoms with van der Waals surface area (Å²) in [6, 6.07) is 20.3. The molecule has 0 aromatic heterocycles. The third kappa shape index (κ3) is 8.17. The Hall–Kier alpha value is -3.67. The van der Waals surface area contributed by atoms with Gasteiger partial charge in [-0.2, -0.15) is 0 Å². The van der Waals surface area contributed by atoms with Crippen LogP contribution < -0.4 is 16.0 Å². The fraction of sp³-hybridized carbons (Fsp3) is 0.355. The molecule has 5 nitrogen and oxygen atoms in total. The summed E-state index contributed by atoms with van der Waals surface area (Å²) in [7, 11) is 0. The van der Waals surface area contributed by atoms with E-state index in [0.29, 0.717) is 12.2 Å². The molecule has 0 bridgehead atoms. The van der Waals surface area contributed by atoms with Crippen molar-refractivity contribution in [2.75, 3.05) is 5.32 Å². The molecule has 0 radical (unpaired) electrons. The molecule has 37 heavy (non-hydrogen) atoms. The Kier molecular flexibility index (Phi) is 8.74. The van der Waals surface area contributed by atoms with Crippen molar-refractivity contribution in [3.63, 3.8) is 0 Å². The topological polar surface area (TPSA) is 70.2 Å². The van der Waals surface area contributed by atoms with Crippen LogP contribution in [0.4, 0.5) is 14.9 Å². The zero-order valence-electron chi connectivity index (χ0n) is 22.6. The maximum absolute atomic E-state index is 13.4. The molecule has 0 fully saturated rings. The smallest absolute Gasteiger partial charge is 0.319 e. The number of halogens is 1. The summed E-state index contributed by atoms with van der Waals surface area (Å²) in [6.45, 7) is 13.0. The van der Waals surface area contributed by atoms with Crippen molar-refractivity contribution in [2.45, 2.75) is 71.4 Å². The van der Waals surface area contributed by atoms with Crippen LogP contribution in [0, 0.1) is 5.82 Å². The average Bonchev–Trinajstić information content (AvgIpc) is 2.83. The van der Waals surface area contributed by atoms with Crippen molar-refractivity contribution in [1.29, 1.82) is 0 Å². The van der Waals surface area contributed by atoms with Crippen molar-refractivity contribution in [3.8, 4) is 0 Å². The monoisotopic (exact) mass is 503 g/mol. The molecule has 0 heterocycles. The molecule has 0 aliphatic carbocycles. The molecule has 0 unspecified atom stereocenters. The predicted octanol–water partition coefficient (Wildman–Crippen LogP) is 6.47. The highest BCUT2D eigenvalue weighted by atomic mass is 19.1. The van der Waals surface area contributed by atoms with Gasteiger partial charge in [0, 0.05) is 18.7 Å². The van der Waals surface area contributed by atoms with Crippen LogP contribution >= 0.6 is 0 Å². The Balaban J connectivity index is 1.82. The van der Waals surface area contributed by atoms with Gasteiger partial charge in [-0.1, -0.05) is 96.1 Å². The molecule has 0 aliphatic heterocycles. The second-order valence-corrected chi connectivity index (χ2v) is 11.4. The molecular weight excluding hydrogens is 465 g/mol. The van der Waals surface area contributed by atoms with E-state index in [-0.39, 0.29) is 29.0 Å². The SMILES string of the molecule is CC(C)(C)c1ccc(C(C)(C)C)c(NC(=O)N[C@H](Cc2ccc(F)cc2)C(=O)NCc2ccccc2)c1. The van der Waals surface area contributed by atoms with E-state index < -0.39 is 12.1 Å². The molecule has 3 aromatic rings. The molecule has 3 N–H and O–H groups in total. The Labute approximate surface area is 219 Å². The summed E-state index contributed by atoms with van der Waals surface area (Å²) in [5.74, 6) is -0.671. The zero-order chi connectivity index (χ0) is 27.2. The normalized spacial score (nSPS) is 12.5. The van der Waals surface area contributed by atoms with Crippen molar-refractivity contribution in [3.05, 3.63) is 101 Å². The van der Waals surface area contributed by atoms with Crippen molar-refractivity contribution < 1.29 is 14.0 Å². The first-order valence-corrected chi connectivity index (χ1v) is 12.6. The van der Waals surface area contributed by atoms with Gasteiger partial charge in [0.1, 0.15) is 11.9 Å². The van der Waals surface area contributed by atoms with E-state index in [1.54, 1.807) is 12.1 Å². The van der Waals surface area contributed by atoms with Crippen LogP contribution in [0.25, 0.3) is 0 Å². The van der Waals surface area contributed by atoms with Crippen LogP contribution in [0.5, 0.6) is 0 Å². The molecule has 196 valence electrons. The minimum absolute atomic E-state index is 0.0915. The van der Waals surface area contributed by atoms with E-state index in [9.17, 15) is 14.0 Å². The van der Waals surface area contributed by atoms with Gasteiger partial charge in [-0.05, 0) is 51.3 Å². The fourth-order valence-electron chi connectivity index (χ4n) is 4.06. The lowest BCUT2D eigenvalue weighted by Crippen LogP contribution is -2.49. The third-order valence-corrected chi connectivity index (χ3v) is 6.23. The first-order chi connectivity index (χ1) is 17.3. The van der Waals surface area contributed by atoms with Crippen LogP contribution in [0.1, 0.15) is 63.8 Å². The maximum Gasteiger partial charge on any atom is 0.319 e. The van der Waals surface area contributed by atoms with Crippen molar-refractivity contribution in [1.82, 2.24) is 10.6 Å². The summed E-state index contributed by atoms with van der Waals surface area (Å²) < 4.78 is 13.4. The van der Waals surface area contributed by atoms with Crippen LogP contribution in [0.15, 0.2) is 72.8 Å². The number of amides is 3. The molecule has 3 aromatic carbocycles. The molecule has 3 amide bonds. The first kappa shape index (κ1) is 27.9. The minimum Gasteiger partial charge on any atom is -0.350 e. The van der Waals surface area contributed by atoms with E-state index >= 15 is 0 Å². The number of benzene rings is 3. The largest absolute Gasteiger partial charge is 0.350 e. The lowest BCUT2D eigenvalue weighted by molar-refractivity contribution is -0.123. The van der Waals surface area contributed by atoms with Gasteiger partial charge in [0.15, 0.2) is 0 Å². The average molecular weight is 504 g/mol. The van der Waals surface area contributed by atoms with E-state index in [4.69, 9.17) is 0 Å². The number of rotatable bonds is 7. The highest BCUT2D eigenvalue weighted by Gasteiger charge is 2.25. The summed E-state index contributed by atoms with van der Waals surface area (Å²) in [6.07, 6.45) is 0.225. The summed E-state index contributed by atoms with van der Waals surface area (Å²) >= 11 is 0.